The van der Waals surface area contributed by atoms with Crippen LogP contribution in [0, 0.1) is 0 Å². The molecule has 0 bridgehead atoms. The Morgan fingerprint density at radius 2 is 1.66 bits per heavy atom. The topological polar surface area (TPSA) is 24.5 Å². The van der Waals surface area contributed by atoms with Gasteiger partial charge in [-0.1, -0.05) is 48.5 Å². The number of alkyl halides is 3. The maximum absolute atomic E-state index is 12.6. The van der Waals surface area contributed by atoms with Gasteiger partial charge < -0.3 is 10.1 Å². The summed E-state index contributed by atoms with van der Waals surface area (Å²) in [5, 5.41) is 3.45. The standard InChI is InChI=1S/C22H25F3N2OS/c1-21(2,3)27-15-18(20(29-27)17-10-5-4-6-11-17)26-14-13-16-9-7-8-12-19(16)28-22(23,24)25/h4-12,26H,13-15H2,1-3H3. The van der Waals surface area contributed by atoms with Crippen molar-refractivity contribution in [1.82, 2.24) is 9.62 Å². The number of hydrogen-bond acceptors (Lipinski definition) is 4. The lowest BCUT2D eigenvalue weighted by atomic mass is 10.1. The molecule has 1 aliphatic rings. The predicted octanol–water partition coefficient (Wildman–Crippen LogP) is 5.85. The zero-order valence-electron chi connectivity index (χ0n) is 16.7. The van der Waals surface area contributed by atoms with E-state index in [0.29, 0.717) is 18.5 Å². The van der Waals surface area contributed by atoms with Crippen molar-refractivity contribution in [3.8, 4) is 5.75 Å². The second kappa shape index (κ2) is 8.71. The van der Waals surface area contributed by atoms with Crippen molar-refractivity contribution in [3.05, 3.63) is 71.4 Å². The van der Waals surface area contributed by atoms with E-state index in [1.165, 1.54) is 6.07 Å². The third-order valence-corrected chi connectivity index (χ3v) is 6.05. The Labute approximate surface area is 174 Å². The number of para-hydroxylation sites is 1. The van der Waals surface area contributed by atoms with Crippen molar-refractivity contribution >= 4 is 16.9 Å². The lowest BCUT2D eigenvalue weighted by molar-refractivity contribution is -0.274. The first-order chi connectivity index (χ1) is 13.6. The van der Waals surface area contributed by atoms with Crippen LogP contribution >= 0.6 is 11.9 Å². The Kier molecular flexibility index (Phi) is 6.49. The number of hydrogen-bond donors (Lipinski definition) is 1. The van der Waals surface area contributed by atoms with Crippen molar-refractivity contribution in [2.24, 2.45) is 0 Å². The highest BCUT2D eigenvalue weighted by Crippen LogP contribution is 2.42. The van der Waals surface area contributed by atoms with E-state index in [0.717, 1.165) is 22.7 Å². The molecule has 0 atom stereocenters. The molecule has 0 unspecified atom stereocenters. The smallest absolute Gasteiger partial charge is 0.406 e. The minimum atomic E-state index is -4.69. The molecular formula is C22H25F3N2OS. The fraction of sp³-hybridized carbons (Fsp3) is 0.364. The normalized spacial score (nSPS) is 15.7. The van der Waals surface area contributed by atoms with E-state index < -0.39 is 6.36 Å². The number of nitrogens with zero attached hydrogens (tertiary/aromatic N) is 1. The van der Waals surface area contributed by atoms with E-state index >= 15 is 0 Å². The van der Waals surface area contributed by atoms with Gasteiger partial charge in [-0.2, -0.15) is 0 Å². The molecule has 0 radical (unpaired) electrons. The van der Waals surface area contributed by atoms with Crippen LogP contribution in [0.15, 0.2) is 60.3 Å². The summed E-state index contributed by atoms with van der Waals surface area (Å²) < 4.78 is 44.3. The van der Waals surface area contributed by atoms with Gasteiger partial charge in [0, 0.05) is 17.8 Å². The van der Waals surface area contributed by atoms with Crippen LogP contribution in [0.2, 0.25) is 0 Å². The molecule has 2 aromatic carbocycles. The van der Waals surface area contributed by atoms with Crippen molar-refractivity contribution in [3.63, 3.8) is 0 Å². The van der Waals surface area contributed by atoms with Gasteiger partial charge in [0.05, 0.1) is 11.4 Å². The van der Waals surface area contributed by atoms with Gasteiger partial charge in [0.15, 0.2) is 0 Å². The molecule has 0 aromatic heterocycles. The zero-order valence-corrected chi connectivity index (χ0v) is 17.5. The average Bonchev–Trinajstić information content (AvgIpc) is 3.07. The van der Waals surface area contributed by atoms with Gasteiger partial charge in [-0.05, 0) is 56.3 Å². The van der Waals surface area contributed by atoms with Gasteiger partial charge in [0.25, 0.3) is 0 Å². The first-order valence-corrected chi connectivity index (χ1v) is 10.2. The average molecular weight is 423 g/mol. The van der Waals surface area contributed by atoms with Gasteiger partial charge in [-0.15, -0.1) is 13.2 Å². The maximum atomic E-state index is 12.6. The van der Waals surface area contributed by atoms with Gasteiger partial charge in [-0.3, -0.25) is 0 Å². The first kappa shape index (κ1) is 21.6. The molecule has 0 aliphatic carbocycles. The summed E-state index contributed by atoms with van der Waals surface area (Å²) in [6, 6.07) is 16.4. The molecule has 156 valence electrons. The summed E-state index contributed by atoms with van der Waals surface area (Å²) in [6.07, 6.45) is -4.26. The Balaban J connectivity index is 1.73. The van der Waals surface area contributed by atoms with Crippen molar-refractivity contribution in [1.29, 1.82) is 0 Å². The van der Waals surface area contributed by atoms with Gasteiger partial charge in [-0.25, -0.2) is 4.31 Å². The Morgan fingerprint density at radius 3 is 2.31 bits per heavy atom. The van der Waals surface area contributed by atoms with Crippen molar-refractivity contribution in [2.45, 2.75) is 39.1 Å². The molecule has 29 heavy (non-hydrogen) atoms. The fourth-order valence-corrected chi connectivity index (χ4v) is 4.20. The summed E-state index contributed by atoms with van der Waals surface area (Å²) >= 11 is 1.71. The first-order valence-electron chi connectivity index (χ1n) is 9.45. The monoisotopic (exact) mass is 422 g/mol. The van der Waals surface area contributed by atoms with E-state index in [2.05, 4.69) is 47.3 Å². The minimum absolute atomic E-state index is 0.0126. The minimum Gasteiger partial charge on any atom is -0.406 e. The van der Waals surface area contributed by atoms with Gasteiger partial charge in [0.2, 0.25) is 0 Å². The molecular weight excluding hydrogens is 397 g/mol. The van der Waals surface area contributed by atoms with Gasteiger partial charge in [0.1, 0.15) is 5.75 Å². The van der Waals surface area contributed by atoms with Crippen LogP contribution in [0.25, 0.3) is 4.91 Å². The van der Waals surface area contributed by atoms with Crippen LogP contribution in [-0.4, -0.2) is 29.3 Å². The highest BCUT2D eigenvalue weighted by molar-refractivity contribution is 8.06. The Morgan fingerprint density at radius 1 is 1.00 bits per heavy atom. The predicted molar refractivity (Wildman–Crippen MR) is 112 cm³/mol. The van der Waals surface area contributed by atoms with Crippen LogP contribution in [-0.2, 0) is 6.42 Å². The van der Waals surface area contributed by atoms with Crippen LogP contribution < -0.4 is 10.1 Å². The summed E-state index contributed by atoms with van der Waals surface area (Å²) in [7, 11) is 0. The largest absolute Gasteiger partial charge is 0.573 e. The van der Waals surface area contributed by atoms with Crippen LogP contribution in [0.5, 0.6) is 5.75 Å². The van der Waals surface area contributed by atoms with Crippen LogP contribution in [0.1, 0.15) is 31.9 Å². The van der Waals surface area contributed by atoms with E-state index in [1.807, 2.05) is 18.2 Å². The molecule has 1 aliphatic heterocycles. The lowest BCUT2D eigenvalue weighted by Crippen LogP contribution is -2.36. The SMILES string of the molecule is CC(C)(C)N1CC(NCCc2ccccc2OC(F)(F)F)=C(c2ccccc2)S1. The number of halogens is 3. The second-order valence-corrected chi connectivity index (χ2v) is 8.84. The van der Waals surface area contributed by atoms with Crippen molar-refractivity contribution in [2.75, 3.05) is 13.1 Å². The summed E-state index contributed by atoms with van der Waals surface area (Å²) in [6.45, 7) is 7.75. The summed E-state index contributed by atoms with van der Waals surface area (Å²) in [5.74, 6) is -0.142. The highest BCUT2D eigenvalue weighted by Gasteiger charge is 2.33. The molecule has 0 saturated heterocycles. The van der Waals surface area contributed by atoms with E-state index in [1.54, 1.807) is 30.1 Å². The number of benzene rings is 2. The molecule has 0 amide bonds. The molecule has 1 heterocycles. The number of rotatable bonds is 6. The molecule has 0 spiro atoms. The molecule has 7 heteroatoms. The molecule has 0 fully saturated rings. The van der Waals surface area contributed by atoms with Crippen molar-refractivity contribution < 1.29 is 17.9 Å². The summed E-state index contributed by atoms with van der Waals surface area (Å²) in [5.41, 5.74) is 2.73. The van der Waals surface area contributed by atoms with Crippen LogP contribution in [0.3, 0.4) is 0 Å². The molecule has 2 aromatic rings. The Bertz CT molecular complexity index is 860. The van der Waals surface area contributed by atoms with E-state index in [9.17, 15) is 13.2 Å². The number of nitrogens with one attached hydrogen (secondary N) is 1. The second-order valence-electron chi connectivity index (χ2n) is 7.80. The third-order valence-electron chi connectivity index (χ3n) is 4.49. The van der Waals surface area contributed by atoms with Gasteiger partial charge >= 0.3 is 6.36 Å². The lowest BCUT2D eigenvalue weighted by Gasteiger charge is -2.30. The third kappa shape index (κ3) is 5.93. The molecule has 3 nitrogen and oxygen atoms in total. The van der Waals surface area contributed by atoms with E-state index in [-0.39, 0.29) is 11.3 Å². The van der Waals surface area contributed by atoms with Crippen LogP contribution in [0.4, 0.5) is 13.2 Å². The maximum Gasteiger partial charge on any atom is 0.573 e. The quantitative estimate of drug-likeness (QED) is 0.591. The molecule has 3 rings (SSSR count). The zero-order chi connectivity index (χ0) is 21.1. The number of ether oxygens (including phenoxy) is 1. The molecule has 1 N–H and O–H groups in total. The fourth-order valence-electron chi connectivity index (χ4n) is 3.02. The Hall–Kier alpha value is -2.12. The highest BCUT2D eigenvalue weighted by atomic mass is 32.2. The summed E-state index contributed by atoms with van der Waals surface area (Å²) in [4.78, 5) is 1.15. The molecule has 0 saturated carbocycles. The van der Waals surface area contributed by atoms with E-state index in [4.69, 9.17) is 0 Å².